The Morgan fingerprint density at radius 2 is 2.12 bits per heavy atom. The number of methoxy groups -OCH3 is 1. The Morgan fingerprint density at radius 3 is 2.92 bits per heavy atom. The predicted octanol–water partition coefficient (Wildman–Crippen LogP) is 2.83. The fourth-order valence-corrected chi connectivity index (χ4v) is 3.26. The molecule has 4 rings (SSSR count). The van der Waals surface area contributed by atoms with E-state index in [0.29, 0.717) is 31.4 Å². The molecule has 2 aromatic heterocycles. The molecule has 0 bridgehead atoms. The standard InChI is InChI=1S/C17H18ClN5O2/c1-3-25-8-13-15-7-22-16(9-24-2)20-21-17(22)12-6-11(18)4-5-14(12)23(15)10-19-13/h4-6,10H,3,7-9H2,1-2H3. The molecular weight excluding hydrogens is 342 g/mol. The second kappa shape index (κ2) is 6.59. The molecule has 3 heterocycles. The molecule has 0 spiro atoms. The zero-order chi connectivity index (χ0) is 17.4. The van der Waals surface area contributed by atoms with Crippen molar-refractivity contribution in [1.29, 1.82) is 0 Å². The lowest BCUT2D eigenvalue weighted by Crippen LogP contribution is -2.10. The number of nitrogens with zero attached hydrogens (tertiary/aromatic N) is 5. The molecule has 1 aliphatic rings. The van der Waals surface area contributed by atoms with Crippen molar-refractivity contribution in [2.45, 2.75) is 26.7 Å². The number of fused-ring (bicyclic) bond motifs is 5. The number of imidazole rings is 1. The Kier molecular flexibility index (Phi) is 4.29. The SMILES string of the molecule is CCOCc1ncn2c1Cn1c(COC)nnc1-c1cc(Cl)ccc1-2. The van der Waals surface area contributed by atoms with E-state index in [-0.39, 0.29) is 0 Å². The highest BCUT2D eigenvalue weighted by atomic mass is 35.5. The van der Waals surface area contributed by atoms with Crippen LogP contribution in [-0.2, 0) is 29.2 Å². The molecule has 3 aromatic rings. The van der Waals surface area contributed by atoms with Crippen LogP contribution in [0.15, 0.2) is 24.5 Å². The van der Waals surface area contributed by atoms with E-state index in [0.717, 1.165) is 34.3 Å². The first-order valence-corrected chi connectivity index (χ1v) is 8.44. The van der Waals surface area contributed by atoms with Crippen molar-refractivity contribution in [1.82, 2.24) is 24.3 Å². The molecule has 0 aliphatic carbocycles. The van der Waals surface area contributed by atoms with Crippen LogP contribution in [0.25, 0.3) is 17.1 Å². The van der Waals surface area contributed by atoms with E-state index in [1.807, 2.05) is 31.5 Å². The van der Waals surface area contributed by atoms with Crippen LogP contribution in [0, 0.1) is 0 Å². The molecule has 0 saturated carbocycles. The Labute approximate surface area is 150 Å². The predicted molar refractivity (Wildman–Crippen MR) is 92.7 cm³/mol. The van der Waals surface area contributed by atoms with Crippen molar-refractivity contribution in [3.8, 4) is 17.1 Å². The van der Waals surface area contributed by atoms with Crippen molar-refractivity contribution >= 4 is 11.6 Å². The fraction of sp³-hybridized carbons (Fsp3) is 0.353. The van der Waals surface area contributed by atoms with Crippen LogP contribution in [-0.4, -0.2) is 38.0 Å². The van der Waals surface area contributed by atoms with Crippen molar-refractivity contribution in [3.05, 3.63) is 46.8 Å². The molecule has 0 atom stereocenters. The summed E-state index contributed by atoms with van der Waals surface area (Å²) >= 11 is 6.24. The van der Waals surface area contributed by atoms with E-state index in [4.69, 9.17) is 21.1 Å². The quantitative estimate of drug-likeness (QED) is 0.548. The van der Waals surface area contributed by atoms with Crippen molar-refractivity contribution in [2.75, 3.05) is 13.7 Å². The van der Waals surface area contributed by atoms with E-state index in [2.05, 4.69) is 24.3 Å². The Bertz CT molecular complexity index is 918. The van der Waals surface area contributed by atoms with E-state index in [9.17, 15) is 0 Å². The molecule has 130 valence electrons. The smallest absolute Gasteiger partial charge is 0.166 e. The summed E-state index contributed by atoms with van der Waals surface area (Å²) in [4.78, 5) is 4.55. The summed E-state index contributed by atoms with van der Waals surface area (Å²) in [6, 6.07) is 5.76. The summed E-state index contributed by atoms with van der Waals surface area (Å²) < 4.78 is 15.0. The first kappa shape index (κ1) is 16.3. The van der Waals surface area contributed by atoms with Gasteiger partial charge in [-0.1, -0.05) is 11.6 Å². The summed E-state index contributed by atoms with van der Waals surface area (Å²) in [5, 5.41) is 9.32. The summed E-state index contributed by atoms with van der Waals surface area (Å²) in [5.74, 6) is 1.54. The lowest BCUT2D eigenvalue weighted by atomic mass is 10.1. The number of rotatable bonds is 5. The van der Waals surface area contributed by atoms with Gasteiger partial charge in [0.05, 0.1) is 36.6 Å². The third-order valence-corrected chi connectivity index (χ3v) is 4.50. The summed E-state index contributed by atoms with van der Waals surface area (Å²) in [7, 11) is 1.65. The average Bonchev–Trinajstić information content (AvgIpc) is 3.15. The first-order valence-electron chi connectivity index (χ1n) is 8.07. The van der Waals surface area contributed by atoms with Gasteiger partial charge in [-0.25, -0.2) is 4.98 Å². The zero-order valence-electron chi connectivity index (χ0n) is 14.1. The van der Waals surface area contributed by atoms with Gasteiger partial charge >= 0.3 is 0 Å². The van der Waals surface area contributed by atoms with Crippen molar-refractivity contribution in [2.24, 2.45) is 0 Å². The van der Waals surface area contributed by atoms with Crippen LogP contribution in [0.4, 0.5) is 0 Å². The minimum atomic E-state index is 0.387. The lowest BCUT2D eigenvalue weighted by molar-refractivity contribution is 0.130. The van der Waals surface area contributed by atoms with E-state index < -0.39 is 0 Å². The van der Waals surface area contributed by atoms with Crippen molar-refractivity contribution < 1.29 is 9.47 Å². The first-order chi connectivity index (χ1) is 12.2. The second-order valence-corrected chi connectivity index (χ2v) is 6.20. The Hall–Kier alpha value is -2.22. The van der Waals surface area contributed by atoms with Crippen molar-refractivity contribution in [3.63, 3.8) is 0 Å². The normalized spacial score (nSPS) is 12.4. The topological polar surface area (TPSA) is 67.0 Å². The fourth-order valence-electron chi connectivity index (χ4n) is 3.09. The second-order valence-electron chi connectivity index (χ2n) is 5.77. The van der Waals surface area contributed by atoms with Gasteiger partial charge < -0.3 is 18.6 Å². The van der Waals surface area contributed by atoms with Gasteiger partial charge in [0.25, 0.3) is 0 Å². The Balaban J connectivity index is 1.93. The van der Waals surface area contributed by atoms with Crippen LogP contribution >= 0.6 is 11.6 Å². The maximum absolute atomic E-state index is 6.24. The largest absolute Gasteiger partial charge is 0.377 e. The molecule has 1 aliphatic heterocycles. The summed E-state index contributed by atoms with van der Waals surface area (Å²) in [6.45, 7) is 4.07. The van der Waals surface area contributed by atoms with Crippen LogP contribution in [0.3, 0.4) is 0 Å². The molecule has 0 N–H and O–H groups in total. The number of hydrogen-bond donors (Lipinski definition) is 0. The van der Waals surface area contributed by atoms with Gasteiger partial charge in [-0.3, -0.25) is 0 Å². The van der Waals surface area contributed by atoms with Gasteiger partial charge in [0.2, 0.25) is 0 Å². The van der Waals surface area contributed by atoms with E-state index in [1.165, 1.54) is 0 Å². The van der Waals surface area contributed by atoms with E-state index in [1.54, 1.807) is 7.11 Å². The highest BCUT2D eigenvalue weighted by Gasteiger charge is 2.25. The van der Waals surface area contributed by atoms with Gasteiger partial charge in [-0.05, 0) is 25.1 Å². The maximum atomic E-state index is 6.24. The minimum Gasteiger partial charge on any atom is -0.377 e. The Morgan fingerprint density at radius 1 is 1.24 bits per heavy atom. The molecule has 0 radical (unpaired) electrons. The number of ether oxygens (including phenoxy) is 2. The number of halogens is 1. The number of benzene rings is 1. The lowest BCUT2D eigenvalue weighted by Gasteiger charge is -2.09. The molecule has 8 heteroatoms. The molecule has 0 amide bonds. The van der Waals surface area contributed by atoms with Gasteiger partial charge in [0.15, 0.2) is 11.6 Å². The van der Waals surface area contributed by atoms with Crippen LogP contribution in [0.1, 0.15) is 24.1 Å². The minimum absolute atomic E-state index is 0.387. The number of hydrogen-bond acceptors (Lipinski definition) is 5. The third-order valence-electron chi connectivity index (χ3n) is 4.26. The highest BCUT2D eigenvalue weighted by Crippen LogP contribution is 2.34. The molecule has 25 heavy (non-hydrogen) atoms. The number of aromatic nitrogens is 5. The van der Waals surface area contributed by atoms with Crippen LogP contribution in [0.2, 0.25) is 5.02 Å². The maximum Gasteiger partial charge on any atom is 0.166 e. The zero-order valence-corrected chi connectivity index (χ0v) is 14.8. The average molecular weight is 360 g/mol. The molecule has 0 saturated heterocycles. The molecule has 0 fully saturated rings. The highest BCUT2D eigenvalue weighted by molar-refractivity contribution is 6.31. The van der Waals surface area contributed by atoms with Gasteiger partial charge in [0, 0.05) is 24.3 Å². The van der Waals surface area contributed by atoms with Crippen LogP contribution in [0.5, 0.6) is 0 Å². The third kappa shape index (κ3) is 2.74. The monoisotopic (exact) mass is 359 g/mol. The summed E-state index contributed by atoms with van der Waals surface area (Å²) in [6.07, 6.45) is 1.83. The molecule has 0 unspecified atom stereocenters. The van der Waals surface area contributed by atoms with Gasteiger partial charge in [-0.2, -0.15) is 0 Å². The molecule has 1 aromatic carbocycles. The molecular formula is C17H18ClN5O2. The summed E-state index contributed by atoms with van der Waals surface area (Å²) in [5.41, 5.74) is 3.85. The van der Waals surface area contributed by atoms with Gasteiger partial charge in [0.1, 0.15) is 6.61 Å². The molecule has 7 nitrogen and oxygen atoms in total. The van der Waals surface area contributed by atoms with Crippen LogP contribution < -0.4 is 0 Å². The van der Waals surface area contributed by atoms with Gasteiger partial charge in [-0.15, -0.1) is 10.2 Å². The van der Waals surface area contributed by atoms with E-state index >= 15 is 0 Å².